The molecule has 0 atom stereocenters. The summed E-state index contributed by atoms with van der Waals surface area (Å²) >= 11 is 0. The van der Waals surface area contributed by atoms with Crippen LogP contribution in [0.5, 0.6) is 0 Å². The standard InChI is InChI=1S/C72H44N4O/c1-2-17-49(18-3-1)74-64-27-10-4-23-54(64)58-42-46(35-39-65(58)74)45-33-37-60-56(41-45)57-43-47(62-25-16-26-63(73-62)48-36-40-71-59(44-48)55-24-9-15-32-70(55)77-71)34-38-61(57)72(60,75-66-28-11-5-19-50(66)51-20-6-12-29-67(51)75)76-68-30-13-7-21-52(68)53-22-8-14-31-69(53)76/h1-44H. The second-order valence-corrected chi connectivity index (χ2v) is 20.6. The van der Waals surface area contributed by atoms with Crippen LogP contribution in [0, 0.1) is 0 Å². The summed E-state index contributed by atoms with van der Waals surface area (Å²) in [5.74, 6) is 0. The smallest absolute Gasteiger partial charge is 0.176 e. The van der Waals surface area contributed by atoms with Gasteiger partial charge in [0.05, 0.1) is 44.5 Å². The number of nitrogens with zero attached hydrogens (tertiary/aromatic N) is 4. The molecule has 0 spiro atoms. The zero-order valence-electron chi connectivity index (χ0n) is 41.6. The van der Waals surface area contributed by atoms with Crippen molar-refractivity contribution in [1.82, 2.24) is 18.7 Å². The molecular weight excluding hydrogens is 937 g/mol. The zero-order chi connectivity index (χ0) is 50.3. The van der Waals surface area contributed by atoms with Crippen molar-refractivity contribution in [2.24, 2.45) is 0 Å². The molecule has 17 rings (SSSR count). The minimum Gasteiger partial charge on any atom is -0.456 e. The number of hydrogen-bond donors (Lipinski definition) is 0. The SMILES string of the molecule is c1ccc(-n2c3ccccc3c3cc(-c4ccc5c(c4)-c4cc(-c6cccc(-c7ccc8oc9ccccc9c8c7)n6)ccc4C5(n4c5ccccc5c5ccccc54)n4c5ccccc5c5ccccc54)ccc32)cc1. The van der Waals surface area contributed by atoms with E-state index in [-0.39, 0.29) is 0 Å². The van der Waals surface area contributed by atoms with Crippen LogP contribution in [0.1, 0.15) is 11.1 Å². The molecule has 5 heterocycles. The molecule has 1 aliphatic carbocycles. The molecule has 16 aromatic rings. The lowest BCUT2D eigenvalue weighted by molar-refractivity contribution is 0.415. The fourth-order valence-corrected chi connectivity index (χ4v) is 13.4. The summed E-state index contributed by atoms with van der Waals surface area (Å²) in [6.45, 7) is 0. The third-order valence-corrected chi connectivity index (χ3v) is 16.6. The number of pyridine rings is 1. The van der Waals surface area contributed by atoms with Crippen molar-refractivity contribution in [3.63, 3.8) is 0 Å². The van der Waals surface area contributed by atoms with E-state index in [2.05, 4.69) is 268 Å². The Bertz CT molecular complexity index is 4900. The first-order valence-electron chi connectivity index (χ1n) is 26.4. The fraction of sp³-hybridized carbons (Fsp3) is 0.0139. The molecule has 5 nitrogen and oxygen atoms in total. The summed E-state index contributed by atoms with van der Waals surface area (Å²) in [4.78, 5) is 5.47. The van der Waals surface area contributed by atoms with Gasteiger partial charge in [-0.1, -0.05) is 164 Å². The summed E-state index contributed by atoms with van der Waals surface area (Å²) in [5, 5.41) is 9.52. The average molecular weight is 981 g/mol. The molecule has 1 aliphatic rings. The molecule has 0 amide bonds. The largest absolute Gasteiger partial charge is 0.456 e. The van der Waals surface area contributed by atoms with E-state index in [1.807, 2.05) is 12.1 Å². The Morgan fingerprint density at radius 3 is 1.31 bits per heavy atom. The molecule has 0 unspecified atom stereocenters. The van der Waals surface area contributed by atoms with Gasteiger partial charge in [-0.25, -0.2) is 4.98 Å². The van der Waals surface area contributed by atoms with Crippen molar-refractivity contribution >= 4 is 87.4 Å². The van der Waals surface area contributed by atoms with Gasteiger partial charge in [-0.05, 0) is 125 Å². The highest BCUT2D eigenvalue weighted by Crippen LogP contribution is 2.57. The Balaban J connectivity index is 0.953. The minimum absolute atomic E-state index is 0.872. The second kappa shape index (κ2) is 15.9. The van der Waals surface area contributed by atoms with Crippen LogP contribution in [-0.4, -0.2) is 18.7 Å². The van der Waals surface area contributed by atoms with Crippen molar-refractivity contribution in [2.45, 2.75) is 5.66 Å². The Morgan fingerprint density at radius 2 is 0.701 bits per heavy atom. The van der Waals surface area contributed by atoms with Gasteiger partial charge in [0.2, 0.25) is 0 Å². The third kappa shape index (κ3) is 5.85. The molecule has 77 heavy (non-hydrogen) atoms. The lowest BCUT2D eigenvalue weighted by Crippen LogP contribution is -2.41. The fourth-order valence-electron chi connectivity index (χ4n) is 13.4. The molecule has 0 radical (unpaired) electrons. The van der Waals surface area contributed by atoms with Crippen LogP contribution in [0.15, 0.2) is 271 Å². The number of aromatic nitrogens is 4. The summed E-state index contributed by atoms with van der Waals surface area (Å²) in [7, 11) is 0. The van der Waals surface area contributed by atoms with Crippen molar-refractivity contribution in [2.75, 3.05) is 0 Å². The van der Waals surface area contributed by atoms with Crippen LogP contribution in [0.4, 0.5) is 0 Å². The van der Waals surface area contributed by atoms with E-state index in [1.54, 1.807) is 0 Å². The number of hydrogen-bond acceptors (Lipinski definition) is 2. The van der Waals surface area contributed by atoms with Gasteiger partial charge < -0.3 is 18.1 Å². The predicted molar refractivity (Wildman–Crippen MR) is 318 cm³/mol. The van der Waals surface area contributed by atoms with Crippen LogP contribution in [0.25, 0.3) is 138 Å². The van der Waals surface area contributed by atoms with E-state index >= 15 is 0 Å². The topological polar surface area (TPSA) is 40.8 Å². The Hall–Kier alpha value is -10.2. The molecule has 11 aromatic carbocycles. The van der Waals surface area contributed by atoms with Crippen molar-refractivity contribution in [1.29, 1.82) is 0 Å². The first kappa shape index (κ1) is 42.2. The van der Waals surface area contributed by atoms with Gasteiger partial charge in [-0.3, -0.25) is 0 Å². The average Bonchev–Trinajstić information content (AvgIpc) is 4.00. The molecule has 358 valence electrons. The van der Waals surface area contributed by atoms with Crippen LogP contribution in [0.3, 0.4) is 0 Å². The Morgan fingerprint density at radius 1 is 0.286 bits per heavy atom. The van der Waals surface area contributed by atoms with E-state index in [0.29, 0.717) is 0 Å². The lowest BCUT2D eigenvalue weighted by atomic mass is 9.92. The van der Waals surface area contributed by atoms with Crippen LogP contribution < -0.4 is 0 Å². The molecule has 0 saturated heterocycles. The number of rotatable bonds is 6. The molecule has 0 fully saturated rings. The maximum atomic E-state index is 6.24. The molecule has 5 aromatic heterocycles. The van der Waals surface area contributed by atoms with E-state index in [9.17, 15) is 0 Å². The van der Waals surface area contributed by atoms with Crippen molar-refractivity contribution in [3.8, 4) is 50.5 Å². The summed E-state index contributed by atoms with van der Waals surface area (Å²) in [5.41, 5.74) is 20.0. The predicted octanol–water partition coefficient (Wildman–Crippen LogP) is 18.6. The van der Waals surface area contributed by atoms with Gasteiger partial charge in [0.25, 0.3) is 0 Å². The van der Waals surface area contributed by atoms with Crippen LogP contribution >= 0.6 is 0 Å². The second-order valence-electron chi connectivity index (χ2n) is 20.6. The first-order valence-corrected chi connectivity index (χ1v) is 26.4. The number of benzene rings is 11. The Kier molecular flexibility index (Phi) is 8.70. The van der Waals surface area contributed by atoms with Crippen LogP contribution in [-0.2, 0) is 5.66 Å². The first-order chi connectivity index (χ1) is 38.2. The van der Waals surface area contributed by atoms with Crippen LogP contribution in [0.2, 0.25) is 0 Å². The van der Waals surface area contributed by atoms with E-state index in [0.717, 1.165) is 61.3 Å². The zero-order valence-corrected chi connectivity index (χ0v) is 41.6. The van der Waals surface area contributed by atoms with Gasteiger partial charge in [0, 0.05) is 71.0 Å². The normalized spacial score (nSPS) is 13.0. The highest BCUT2D eigenvalue weighted by atomic mass is 16.3. The molecule has 0 aliphatic heterocycles. The molecule has 0 bridgehead atoms. The summed E-state index contributed by atoms with van der Waals surface area (Å²) in [6.07, 6.45) is 0. The maximum Gasteiger partial charge on any atom is 0.176 e. The molecule has 5 heteroatoms. The molecular formula is C72H44N4O. The number of para-hydroxylation sites is 7. The van der Waals surface area contributed by atoms with E-state index in [1.165, 1.54) is 87.7 Å². The van der Waals surface area contributed by atoms with E-state index < -0.39 is 5.66 Å². The van der Waals surface area contributed by atoms with E-state index in [4.69, 9.17) is 9.40 Å². The maximum absolute atomic E-state index is 6.24. The van der Waals surface area contributed by atoms with Crippen molar-refractivity contribution in [3.05, 3.63) is 278 Å². The van der Waals surface area contributed by atoms with Gasteiger partial charge in [0.15, 0.2) is 5.66 Å². The summed E-state index contributed by atoms with van der Waals surface area (Å²) < 4.78 is 13.9. The quantitative estimate of drug-likeness (QED) is 0.167. The third-order valence-electron chi connectivity index (χ3n) is 16.6. The lowest BCUT2D eigenvalue weighted by Gasteiger charge is -2.39. The highest BCUT2D eigenvalue weighted by molar-refractivity contribution is 6.13. The molecule has 0 saturated carbocycles. The van der Waals surface area contributed by atoms with Gasteiger partial charge in [-0.2, -0.15) is 0 Å². The monoisotopic (exact) mass is 980 g/mol. The molecule has 0 N–H and O–H groups in total. The Labute approximate surface area is 442 Å². The van der Waals surface area contributed by atoms with Gasteiger partial charge in [0.1, 0.15) is 11.2 Å². The van der Waals surface area contributed by atoms with Gasteiger partial charge >= 0.3 is 0 Å². The van der Waals surface area contributed by atoms with Crippen molar-refractivity contribution < 1.29 is 4.42 Å². The minimum atomic E-state index is -0.905. The number of fused-ring (bicyclic) bond motifs is 15. The van der Waals surface area contributed by atoms with Gasteiger partial charge in [-0.15, -0.1) is 0 Å². The summed E-state index contributed by atoms with van der Waals surface area (Å²) in [6, 6.07) is 97.8. The highest BCUT2D eigenvalue weighted by Gasteiger charge is 2.49. The number of furan rings is 1.